The summed E-state index contributed by atoms with van der Waals surface area (Å²) in [5.41, 5.74) is 1.41. The largest absolute Gasteiger partial charge is 0.347 e. The van der Waals surface area contributed by atoms with Crippen molar-refractivity contribution < 1.29 is 4.79 Å². The highest BCUT2D eigenvalue weighted by Crippen LogP contribution is 2.10. The smallest absolute Gasteiger partial charge is 0.255 e. The number of hydrogen-bond acceptors (Lipinski definition) is 3. The fraction of sp³-hybridized carbons (Fsp3) is 0.267. The van der Waals surface area contributed by atoms with Gasteiger partial charge in [-0.05, 0) is 18.6 Å². The van der Waals surface area contributed by atoms with Gasteiger partial charge in [-0.1, -0.05) is 13.0 Å². The van der Waals surface area contributed by atoms with E-state index in [-0.39, 0.29) is 11.9 Å². The van der Waals surface area contributed by atoms with Crippen LogP contribution in [0.25, 0.3) is 5.52 Å². The molecule has 3 aromatic rings. The zero-order valence-electron chi connectivity index (χ0n) is 11.8. The second-order valence-corrected chi connectivity index (χ2v) is 4.93. The maximum Gasteiger partial charge on any atom is 0.255 e. The number of fused-ring (bicyclic) bond motifs is 1. The minimum atomic E-state index is -0.0943. The lowest BCUT2D eigenvalue weighted by Crippen LogP contribution is -2.37. The van der Waals surface area contributed by atoms with Gasteiger partial charge < -0.3 is 9.88 Å². The van der Waals surface area contributed by atoms with E-state index in [2.05, 4.69) is 22.3 Å². The Hall–Kier alpha value is -2.63. The molecule has 0 unspecified atom stereocenters. The fourth-order valence-electron chi connectivity index (χ4n) is 2.30. The van der Waals surface area contributed by atoms with Gasteiger partial charge in [0.15, 0.2) is 0 Å². The molecule has 3 aromatic heterocycles. The van der Waals surface area contributed by atoms with Crippen LogP contribution in [-0.2, 0) is 6.54 Å². The lowest BCUT2D eigenvalue weighted by Gasteiger charge is -2.17. The molecule has 0 aliphatic carbocycles. The van der Waals surface area contributed by atoms with E-state index in [9.17, 15) is 4.79 Å². The average Bonchev–Trinajstić information content (AvgIpc) is 3.15. The van der Waals surface area contributed by atoms with E-state index in [0.717, 1.165) is 11.9 Å². The Kier molecular flexibility index (Phi) is 3.68. The number of imidazole rings is 1. The lowest BCUT2D eigenvalue weighted by atomic mass is 10.2. The first kappa shape index (κ1) is 13.4. The summed E-state index contributed by atoms with van der Waals surface area (Å²) in [5, 5.41) is 7.25. The number of amides is 1. The van der Waals surface area contributed by atoms with Crippen molar-refractivity contribution in [1.82, 2.24) is 24.5 Å². The van der Waals surface area contributed by atoms with Gasteiger partial charge in [-0.15, -0.1) is 0 Å². The number of nitrogens with zero attached hydrogens (tertiary/aromatic N) is 4. The zero-order chi connectivity index (χ0) is 14.7. The summed E-state index contributed by atoms with van der Waals surface area (Å²) in [6, 6.07) is 5.73. The third-order valence-corrected chi connectivity index (χ3v) is 3.49. The third kappa shape index (κ3) is 2.79. The zero-order valence-corrected chi connectivity index (χ0v) is 11.8. The molecule has 6 nitrogen and oxygen atoms in total. The summed E-state index contributed by atoms with van der Waals surface area (Å²) >= 11 is 0. The Morgan fingerprint density at radius 2 is 2.29 bits per heavy atom. The van der Waals surface area contributed by atoms with Crippen LogP contribution < -0.4 is 5.32 Å². The molecule has 0 bridgehead atoms. The summed E-state index contributed by atoms with van der Waals surface area (Å²) in [7, 11) is 0. The van der Waals surface area contributed by atoms with Crippen LogP contribution in [0.3, 0.4) is 0 Å². The molecule has 0 aliphatic rings. The molecular formula is C15H17N5O. The van der Waals surface area contributed by atoms with Crippen molar-refractivity contribution in [3.05, 3.63) is 54.9 Å². The van der Waals surface area contributed by atoms with Gasteiger partial charge in [-0.3, -0.25) is 4.79 Å². The topological polar surface area (TPSA) is 64.2 Å². The Morgan fingerprint density at radius 3 is 3.05 bits per heavy atom. The molecule has 0 spiro atoms. The molecular weight excluding hydrogens is 266 g/mol. The summed E-state index contributed by atoms with van der Waals surface area (Å²) in [6.45, 7) is 2.76. The first-order valence-electron chi connectivity index (χ1n) is 6.97. The molecule has 1 N–H and O–H groups in total. The number of nitrogens with one attached hydrogen (secondary N) is 1. The van der Waals surface area contributed by atoms with Gasteiger partial charge in [0.05, 0.1) is 23.6 Å². The van der Waals surface area contributed by atoms with E-state index in [4.69, 9.17) is 0 Å². The van der Waals surface area contributed by atoms with Crippen LogP contribution >= 0.6 is 0 Å². The van der Waals surface area contributed by atoms with Crippen LogP contribution in [0, 0.1) is 0 Å². The normalized spacial score (nSPS) is 12.4. The van der Waals surface area contributed by atoms with Gasteiger partial charge in [0.25, 0.3) is 5.91 Å². The standard InChI is InChI=1S/C15H17N5O/c1-2-12(10-19-8-6-16-11-19)18-15(21)13-9-17-20-7-4-3-5-14(13)20/h3-9,11-12H,2,10H2,1H3,(H,18,21)/t12-/m1/s1. The van der Waals surface area contributed by atoms with E-state index < -0.39 is 0 Å². The molecule has 0 saturated heterocycles. The number of hydrogen-bond donors (Lipinski definition) is 1. The Labute approximate surface area is 122 Å². The minimum absolute atomic E-state index is 0.0605. The number of pyridine rings is 1. The monoisotopic (exact) mass is 283 g/mol. The number of carbonyl (C=O) groups excluding carboxylic acids is 1. The summed E-state index contributed by atoms with van der Waals surface area (Å²) < 4.78 is 3.66. The van der Waals surface area contributed by atoms with Gasteiger partial charge >= 0.3 is 0 Å². The molecule has 1 atom stereocenters. The summed E-state index contributed by atoms with van der Waals surface area (Å²) in [4.78, 5) is 16.4. The molecule has 3 heterocycles. The molecule has 0 aliphatic heterocycles. The lowest BCUT2D eigenvalue weighted by molar-refractivity contribution is 0.0933. The predicted molar refractivity (Wildman–Crippen MR) is 79.0 cm³/mol. The highest BCUT2D eigenvalue weighted by molar-refractivity contribution is 6.00. The fourth-order valence-corrected chi connectivity index (χ4v) is 2.30. The average molecular weight is 283 g/mol. The summed E-state index contributed by atoms with van der Waals surface area (Å²) in [6.07, 6.45) is 9.67. The Morgan fingerprint density at radius 1 is 1.38 bits per heavy atom. The van der Waals surface area contributed by atoms with Gasteiger partial charge in [0, 0.05) is 31.2 Å². The molecule has 108 valence electrons. The van der Waals surface area contributed by atoms with Crippen LogP contribution in [0.15, 0.2) is 49.3 Å². The van der Waals surface area contributed by atoms with Crippen molar-refractivity contribution in [2.75, 3.05) is 0 Å². The van der Waals surface area contributed by atoms with Crippen LogP contribution in [0.2, 0.25) is 0 Å². The Balaban J connectivity index is 1.75. The first-order valence-corrected chi connectivity index (χ1v) is 6.97. The molecule has 0 radical (unpaired) electrons. The molecule has 6 heteroatoms. The molecule has 0 aromatic carbocycles. The van der Waals surface area contributed by atoms with Crippen LogP contribution in [-0.4, -0.2) is 31.1 Å². The van der Waals surface area contributed by atoms with Crippen LogP contribution in [0.4, 0.5) is 0 Å². The van der Waals surface area contributed by atoms with E-state index in [0.29, 0.717) is 12.1 Å². The Bertz CT molecular complexity index is 731. The maximum absolute atomic E-state index is 12.4. The third-order valence-electron chi connectivity index (χ3n) is 3.49. The highest BCUT2D eigenvalue weighted by atomic mass is 16.1. The second kappa shape index (κ2) is 5.78. The van der Waals surface area contributed by atoms with E-state index in [1.165, 1.54) is 0 Å². The van der Waals surface area contributed by atoms with Crippen molar-refractivity contribution in [3.63, 3.8) is 0 Å². The summed E-state index contributed by atoms with van der Waals surface area (Å²) in [5.74, 6) is -0.0943. The van der Waals surface area contributed by atoms with Crippen molar-refractivity contribution in [1.29, 1.82) is 0 Å². The maximum atomic E-state index is 12.4. The number of aromatic nitrogens is 4. The van der Waals surface area contributed by atoms with Gasteiger partial charge in [0.1, 0.15) is 0 Å². The minimum Gasteiger partial charge on any atom is -0.347 e. The number of rotatable bonds is 5. The van der Waals surface area contributed by atoms with E-state index >= 15 is 0 Å². The quantitative estimate of drug-likeness (QED) is 0.775. The van der Waals surface area contributed by atoms with Crippen LogP contribution in [0.1, 0.15) is 23.7 Å². The first-order chi connectivity index (χ1) is 10.3. The molecule has 21 heavy (non-hydrogen) atoms. The predicted octanol–water partition coefficient (Wildman–Crippen LogP) is 1.74. The van der Waals surface area contributed by atoms with E-state index in [1.54, 1.807) is 23.2 Å². The van der Waals surface area contributed by atoms with Gasteiger partial charge in [-0.25, -0.2) is 9.50 Å². The van der Waals surface area contributed by atoms with Gasteiger partial charge in [-0.2, -0.15) is 5.10 Å². The number of carbonyl (C=O) groups is 1. The van der Waals surface area contributed by atoms with Crippen LogP contribution in [0.5, 0.6) is 0 Å². The van der Waals surface area contributed by atoms with Crippen molar-refractivity contribution in [2.24, 2.45) is 0 Å². The molecule has 3 rings (SSSR count). The highest BCUT2D eigenvalue weighted by Gasteiger charge is 2.16. The van der Waals surface area contributed by atoms with Crippen molar-refractivity contribution >= 4 is 11.4 Å². The molecule has 0 fully saturated rings. The van der Waals surface area contributed by atoms with E-state index in [1.807, 2.05) is 35.2 Å². The van der Waals surface area contributed by atoms with Crippen molar-refractivity contribution in [3.8, 4) is 0 Å². The molecule has 1 amide bonds. The second-order valence-electron chi connectivity index (χ2n) is 4.93. The SMILES string of the molecule is CC[C@H](Cn1ccnc1)NC(=O)c1cnn2ccccc12. The molecule has 0 saturated carbocycles. The van der Waals surface area contributed by atoms with Gasteiger partial charge in [0.2, 0.25) is 0 Å². The van der Waals surface area contributed by atoms with Crippen molar-refractivity contribution in [2.45, 2.75) is 25.9 Å².